The van der Waals surface area contributed by atoms with Gasteiger partial charge in [0.25, 0.3) is 11.8 Å². The summed E-state index contributed by atoms with van der Waals surface area (Å²) in [5.41, 5.74) is 3.70. The highest BCUT2D eigenvalue weighted by Gasteiger charge is 2.50. The summed E-state index contributed by atoms with van der Waals surface area (Å²) in [6, 6.07) is 9.95. The van der Waals surface area contributed by atoms with Gasteiger partial charge in [-0.15, -0.1) is 11.8 Å². The number of aliphatic imine (C=N–C) groups is 1. The standard InChI is InChI=1S/C71H92N8O18/c1-44(2)64(76-63(80)21-25-90-27-29-92-31-32-93-30-28-91-26-22-72-70(86)96-43-55-51-15-11-8-9-12-16-52(51)55)66(82)74-47(5)65(81)75-49-19-17-48(18-20-49)42-97-71(87)79-57-38-62(60(89-7)36-54(57)68(84)78-41-46(4)34-58(78)69(79)85)95-24-14-10-13-23-94-61-37-56-53(35-59(61)88-6)67(83)77-40-45(3)33-50(77)39-73-56/h17-20,35-39,44,47,50-52,55,58,64,69,85H,3-4,10-16,21-34,40-43H2,1-2,5-7H3,(H,72,86)(H,74,82)(H,75,81)(H,76,80)/t47-,50-,51-,52+,55?,58-,64-,69-/m0/s1. The molecule has 2 saturated heterocycles. The van der Waals surface area contributed by atoms with E-state index in [2.05, 4.69) is 51.3 Å². The number of unbranched alkanes of at least 4 members (excludes halogenated alkanes) is 2. The molecule has 5 N–H and O–H groups in total. The van der Waals surface area contributed by atoms with E-state index in [-0.39, 0.29) is 93.0 Å². The van der Waals surface area contributed by atoms with Gasteiger partial charge in [0.15, 0.2) is 29.2 Å². The monoisotopic (exact) mass is 1340 g/mol. The Bertz CT molecular complexity index is 3390. The maximum absolute atomic E-state index is 14.3. The fourth-order valence-corrected chi connectivity index (χ4v) is 12.5. The molecule has 26 nitrogen and oxygen atoms in total. The number of nitrogens with one attached hydrogen (secondary N) is 4. The SMILES string of the molecule is C=C1C[C@H]2C=Nc3cc(OCCCCCOc4cc5c(cc4OC)C(=O)N4CC(=C)C[C@H]4[C@H](O)N5C(=O)OCc4ccc(NC(=O)[C@H](C)NC(=O)[C@@H](NC(=O)CCOCCOCCOCCOCCNC(=O)OCC5[C@H]6CCC#CCC[C@@H]56)C(C)C)cc4)c(OC)cc3C(=O)N2C1. The Labute approximate surface area is 566 Å². The molecule has 97 heavy (non-hydrogen) atoms. The van der Waals surface area contributed by atoms with E-state index in [4.69, 9.17) is 47.4 Å². The van der Waals surface area contributed by atoms with E-state index in [9.17, 15) is 38.7 Å². The first-order valence-electron chi connectivity index (χ1n) is 33.4. The molecule has 2 aliphatic carbocycles. The zero-order chi connectivity index (χ0) is 69.0. The van der Waals surface area contributed by atoms with E-state index in [0.29, 0.717) is 142 Å². The molecule has 0 radical (unpaired) electrons. The largest absolute Gasteiger partial charge is 0.493 e. The molecule has 4 heterocycles. The smallest absolute Gasteiger partial charge is 0.416 e. The van der Waals surface area contributed by atoms with Crippen molar-refractivity contribution >= 4 is 65.0 Å². The lowest BCUT2D eigenvalue weighted by Crippen LogP contribution is -2.53. The number of benzene rings is 3. The van der Waals surface area contributed by atoms with E-state index in [0.717, 1.165) is 36.2 Å². The van der Waals surface area contributed by atoms with E-state index in [1.165, 1.54) is 38.2 Å². The number of aliphatic hydroxyl groups is 1. The number of fused-ring (bicyclic) bond motifs is 5. The molecule has 9 rings (SSSR count). The van der Waals surface area contributed by atoms with Crippen LogP contribution in [0.25, 0.3) is 0 Å². The highest BCUT2D eigenvalue weighted by molar-refractivity contribution is 6.06. The van der Waals surface area contributed by atoms with E-state index in [1.807, 2.05) is 0 Å². The van der Waals surface area contributed by atoms with Gasteiger partial charge < -0.3 is 83.5 Å². The van der Waals surface area contributed by atoms with E-state index >= 15 is 0 Å². The molecule has 3 aromatic rings. The molecular formula is C71H92N8O18. The quantitative estimate of drug-likeness (QED) is 0.0220. The Balaban J connectivity index is 0.654. The van der Waals surface area contributed by atoms with Crippen LogP contribution in [-0.4, -0.2) is 200 Å². The lowest BCUT2D eigenvalue weighted by atomic mass is 10.0. The Morgan fingerprint density at radius 1 is 0.680 bits per heavy atom. The van der Waals surface area contributed by atoms with E-state index in [1.54, 1.807) is 61.4 Å². The number of rotatable bonds is 35. The average molecular weight is 1350 g/mol. The lowest BCUT2D eigenvalue weighted by Gasteiger charge is -2.31. The first-order chi connectivity index (χ1) is 46.9. The number of alkyl carbamates (subject to hydrolysis) is 1. The minimum Gasteiger partial charge on any atom is -0.493 e. The topological polar surface area (TPSA) is 302 Å². The first-order valence-corrected chi connectivity index (χ1v) is 33.4. The third kappa shape index (κ3) is 19.7. The third-order valence-electron chi connectivity index (χ3n) is 17.8. The van der Waals surface area contributed by atoms with Crippen molar-refractivity contribution in [2.45, 2.75) is 122 Å². The molecule has 524 valence electrons. The number of methoxy groups -OCH3 is 2. The molecule has 3 fully saturated rings. The zero-order valence-corrected chi connectivity index (χ0v) is 56.2. The van der Waals surface area contributed by atoms with Gasteiger partial charge in [-0.3, -0.25) is 29.0 Å². The molecule has 0 spiro atoms. The average Bonchev–Trinajstić information content (AvgIpc) is 1.66. The number of aliphatic hydroxyl groups excluding tert-OH is 1. The molecule has 0 aromatic heterocycles. The highest BCUT2D eigenvalue weighted by Crippen LogP contribution is 2.52. The van der Waals surface area contributed by atoms with Crippen LogP contribution in [-0.2, 0) is 49.4 Å². The maximum atomic E-state index is 14.3. The fraction of sp³-hybridized carbons (Fsp3) is 0.549. The van der Waals surface area contributed by atoms with Gasteiger partial charge >= 0.3 is 12.2 Å². The van der Waals surface area contributed by atoms with Gasteiger partial charge in [0, 0.05) is 62.9 Å². The number of hydrogen-bond donors (Lipinski definition) is 5. The minimum absolute atomic E-state index is 0.00651. The summed E-state index contributed by atoms with van der Waals surface area (Å²) in [5, 5.41) is 22.9. The number of ether oxygens (including phenoxy) is 10. The third-order valence-corrected chi connectivity index (χ3v) is 17.8. The number of carbonyl (C=O) groups is 7. The van der Waals surface area contributed by atoms with Crippen LogP contribution in [0.4, 0.5) is 26.7 Å². The Morgan fingerprint density at radius 3 is 1.93 bits per heavy atom. The van der Waals surface area contributed by atoms with Crippen LogP contribution < -0.4 is 45.1 Å². The predicted octanol–water partition coefficient (Wildman–Crippen LogP) is 7.27. The van der Waals surface area contributed by atoms with Gasteiger partial charge in [-0.25, -0.2) is 14.5 Å². The van der Waals surface area contributed by atoms with Gasteiger partial charge in [0.1, 0.15) is 18.7 Å². The Hall–Kier alpha value is -8.74. The Morgan fingerprint density at radius 2 is 1.28 bits per heavy atom. The summed E-state index contributed by atoms with van der Waals surface area (Å²) in [6.07, 6.45) is 5.74. The summed E-state index contributed by atoms with van der Waals surface area (Å²) in [4.78, 5) is 102. The molecule has 1 unspecified atom stereocenters. The molecule has 0 bridgehead atoms. The van der Waals surface area contributed by atoms with Crippen LogP contribution in [0.15, 0.2) is 77.8 Å². The van der Waals surface area contributed by atoms with Crippen LogP contribution in [0.3, 0.4) is 0 Å². The van der Waals surface area contributed by atoms with Crippen molar-refractivity contribution in [2.24, 2.45) is 28.7 Å². The van der Waals surface area contributed by atoms with Gasteiger partial charge in [-0.05, 0) is 105 Å². The zero-order valence-electron chi connectivity index (χ0n) is 56.2. The number of anilines is 2. The van der Waals surface area contributed by atoms with Crippen molar-refractivity contribution in [1.29, 1.82) is 0 Å². The summed E-state index contributed by atoms with van der Waals surface area (Å²) >= 11 is 0. The summed E-state index contributed by atoms with van der Waals surface area (Å²) in [7, 11) is 2.96. The second-order valence-electron chi connectivity index (χ2n) is 25.2. The van der Waals surface area contributed by atoms with Crippen LogP contribution in [0.1, 0.15) is 111 Å². The van der Waals surface area contributed by atoms with Crippen LogP contribution in [0, 0.1) is 35.5 Å². The van der Waals surface area contributed by atoms with Crippen molar-refractivity contribution in [3.8, 4) is 34.8 Å². The van der Waals surface area contributed by atoms with Crippen molar-refractivity contribution in [1.82, 2.24) is 25.8 Å². The molecular weight excluding hydrogens is 1250 g/mol. The van der Waals surface area contributed by atoms with Crippen molar-refractivity contribution < 1.29 is 86.0 Å². The number of hydrogen-bond acceptors (Lipinski definition) is 19. The summed E-state index contributed by atoms with van der Waals surface area (Å²) in [5.74, 6) is 7.09. The normalized spacial score (nSPS) is 20.4. The molecule has 3 aromatic carbocycles. The first kappa shape index (κ1) is 72.5. The summed E-state index contributed by atoms with van der Waals surface area (Å²) < 4.78 is 57.1. The van der Waals surface area contributed by atoms with Crippen LogP contribution in [0.5, 0.6) is 23.0 Å². The molecule has 6 aliphatic rings. The fourth-order valence-electron chi connectivity index (χ4n) is 12.5. The van der Waals surface area contributed by atoms with Crippen molar-refractivity contribution in [3.63, 3.8) is 0 Å². The molecule has 1 saturated carbocycles. The molecule has 26 heteroatoms. The Kier molecular flexibility index (Phi) is 26.5. The molecule has 7 amide bonds. The minimum atomic E-state index is -1.53. The maximum Gasteiger partial charge on any atom is 0.416 e. The van der Waals surface area contributed by atoms with Crippen LogP contribution >= 0.6 is 0 Å². The van der Waals surface area contributed by atoms with Crippen molar-refractivity contribution in [3.05, 3.63) is 89.5 Å². The molecule has 8 atom stereocenters. The van der Waals surface area contributed by atoms with Gasteiger partial charge in [0.2, 0.25) is 17.7 Å². The number of carbonyl (C=O) groups excluding carboxylic acids is 7. The van der Waals surface area contributed by atoms with Gasteiger partial charge in [-0.2, -0.15) is 0 Å². The lowest BCUT2D eigenvalue weighted by molar-refractivity contribution is -0.132. The van der Waals surface area contributed by atoms with Gasteiger partial charge in [0.05, 0.1) is 121 Å². The highest BCUT2D eigenvalue weighted by atomic mass is 16.6. The van der Waals surface area contributed by atoms with Gasteiger partial charge in [-0.1, -0.05) is 50.3 Å². The van der Waals surface area contributed by atoms with Crippen LogP contribution in [0.2, 0.25) is 0 Å². The summed E-state index contributed by atoms with van der Waals surface area (Å²) in [6.45, 7) is 17.3. The number of nitrogens with zero attached hydrogens (tertiary/aromatic N) is 4. The second-order valence-corrected chi connectivity index (χ2v) is 25.2. The predicted molar refractivity (Wildman–Crippen MR) is 358 cm³/mol. The molecule has 4 aliphatic heterocycles. The van der Waals surface area contributed by atoms with E-state index < -0.39 is 60.2 Å². The second kappa shape index (κ2) is 35.5. The number of amides is 7. The van der Waals surface area contributed by atoms with Crippen molar-refractivity contribution in [2.75, 3.05) is 117 Å².